The van der Waals surface area contributed by atoms with Gasteiger partial charge in [0.1, 0.15) is 13.2 Å². The zero-order chi connectivity index (χ0) is 22.5. The Balaban J connectivity index is 3.36. The monoisotopic (exact) mass is 431 g/mol. The summed E-state index contributed by atoms with van der Waals surface area (Å²) in [5.41, 5.74) is 5.33. The molecule has 0 spiro atoms. The van der Waals surface area contributed by atoms with Gasteiger partial charge in [0.25, 0.3) is 0 Å². The first-order valence-corrected chi connectivity index (χ1v) is 11.5. The minimum absolute atomic E-state index is 0.0407. The Morgan fingerprint density at radius 3 is 2.00 bits per heavy atom. The molecule has 30 heavy (non-hydrogen) atoms. The number of hydrogen-bond donors (Lipinski definition) is 1. The third kappa shape index (κ3) is 20.4. The standard InChI is InChI=1S/C23H45NO6/c1-20(2)23(26)19-30-13-5-4-12-27-16-10-21(3)8-6-9-22(25)18-29-15-7-14-28-17-11-24/h20-21H,4-19,24H2,1-3H3. The number of hydrogen-bond acceptors (Lipinski definition) is 7. The van der Waals surface area contributed by atoms with Gasteiger partial charge in [-0.25, -0.2) is 0 Å². The van der Waals surface area contributed by atoms with E-state index in [-0.39, 0.29) is 30.7 Å². The van der Waals surface area contributed by atoms with Crippen LogP contribution >= 0.6 is 0 Å². The van der Waals surface area contributed by atoms with Crippen molar-refractivity contribution >= 4 is 11.6 Å². The van der Waals surface area contributed by atoms with Crippen LogP contribution in [0.2, 0.25) is 0 Å². The van der Waals surface area contributed by atoms with Crippen molar-refractivity contribution in [1.82, 2.24) is 0 Å². The minimum atomic E-state index is 0.0407. The van der Waals surface area contributed by atoms with Gasteiger partial charge in [0.15, 0.2) is 11.6 Å². The summed E-state index contributed by atoms with van der Waals surface area (Å²) in [4.78, 5) is 23.2. The van der Waals surface area contributed by atoms with Gasteiger partial charge in [-0.15, -0.1) is 0 Å². The molecule has 0 radical (unpaired) electrons. The second-order valence-electron chi connectivity index (χ2n) is 8.13. The number of ether oxygens (including phenoxy) is 4. The number of unbranched alkanes of at least 4 members (excludes halogenated alkanes) is 1. The van der Waals surface area contributed by atoms with Crippen molar-refractivity contribution in [3.05, 3.63) is 0 Å². The molecule has 0 heterocycles. The minimum Gasteiger partial charge on any atom is -0.381 e. The maximum atomic E-state index is 11.8. The Morgan fingerprint density at radius 2 is 1.30 bits per heavy atom. The number of nitrogens with two attached hydrogens (primary N) is 1. The van der Waals surface area contributed by atoms with Crippen LogP contribution in [-0.2, 0) is 28.5 Å². The van der Waals surface area contributed by atoms with E-state index in [4.69, 9.17) is 24.7 Å². The molecule has 0 saturated carbocycles. The van der Waals surface area contributed by atoms with Crippen molar-refractivity contribution < 1.29 is 28.5 Å². The largest absolute Gasteiger partial charge is 0.381 e. The Kier molecular flexibility index (Phi) is 20.8. The van der Waals surface area contributed by atoms with Crippen LogP contribution in [0.5, 0.6) is 0 Å². The molecule has 0 aromatic heterocycles. The predicted molar refractivity (Wildman–Crippen MR) is 119 cm³/mol. The second-order valence-corrected chi connectivity index (χ2v) is 8.13. The van der Waals surface area contributed by atoms with Gasteiger partial charge in [-0.3, -0.25) is 9.59 Å². The van der Waals surface area contributed by atoms with Gasteiger partial charge in [0.2, 0.25) is 0 Å². The summed E-state index contributed by atoms with van der Waals surface area (Å²) in [5.74, 6) is 0.903. The van der Waals surface area contributed by atoms with E-state index in [2.05, 4.69) is 6.92 Å². The highest BCUT2D eigenvalue weighted by atomic mass is 16.5. The summed E-state index contributed by atoms with van der Waals surface area (Å²) in [5, 5.41) is 0. The molecule has 0 bridgehead atoms. The molecule has 0 aliphatic rings. The van der Waals surface area contributed by atoms with Crippen molar-refractivity contribution in [3.63, 3.8) is 0 Å². The first-order valence-electron chi connectivity index (χ1n) is 11.5. The molecule has 178 valence electrons. The molecule has 1 atom stereocenters. The van der Waals surface area contributed by atoms with Crippen molar-refractivity contribution in [1.29, 1.82) is 0 Å². The fraction of sp³-hybridized carbons (Fsp3) is 0.913. The fourth-order valence-electron chi connectivity index (χ4n) is 2.63. The Labute approximate surface area is 183 Å². The smallest absolute Gasteiger partial charge is 0.160 e. The Morgan fingerprint density at radius 1 is 0.700 bits per heavy atom. The maximum Gasteiger partial charge on any atom is 0.160 e. The van der Waals surface area contributed by atoms with E-state index in [0.29, 0.717) is 45.3 Å². The third-order valence-corrected chi connectivity index (χ3v) is 4.73. The van der Waals surface area contributed by atoms with Gasteiger partial charge in [-0.2, -0.15) is 0 Å². The van der Waals surface area contributed by atoms with Crippen LogP contribution in [0, 0.1) is 11.8 Å². The number of carbonyl (C=O) groups is 2. The lowest BCUT2D eigenvalue weighted by Gasteiger charge is -2.11. The van der Waals surface area contributed by atoms with Crippen LogP contribution in [0.25, 0.3) is 0 Å². The predicted octanol–water partition coefficient (Wildman–Crippen LogP) is 3.17. The molecule has 0 rings (SSSR count). The lowest BCUT2D eigenvalue weighted by molar-refractivity contribution is -0.126. The summed E-state index contributed by atoms with van der Waals surface area (Å²) in [6.45, 7) is 10.7. The van der Waals surface area contributed by atoms with E-state index in [9.17, 15) is 9.59 Å². The molecule has 0 aliphatic carbocycles. The molecule has 0 saturated heterocycles. The van der Waals surface area contributed by atoms with E-state index < -0.39 is 0 Å². The van der Waals surface area contributed by atoms with Gasteiger partial charge >= 0.3 is 0 Å². The first-order chi connectivity index (χ1) is 14.5. The molecule has 7 nitrogen and oxygen atoms in total. The Bertz CT molecular complexity index is 416. The molecule has 0 aromatic rings. The SMILES string of the molecule is CC(CCCC(=O)COCCCOCCN)CCOCCCCOCC(=O)C(C)C. The molecule has 7 heteroatoms. The number of ketones is 2. The van der Waals surface area contributed by atoms with Gasteiger partial charge in [0, 0.05) is 51.9 Å². The molecule has 2 N–H and O–H groups in total. The summed E-state index contributed by atoms with van der Waals surface area (Å²) in [6, 6.07) is 0. The third-order valence-electron chi connectivity index (χ3n) is 4.73. The second kappa shape index (κ2) is 21.4. The fourth-order valence-corrected chi connectivity index (χ4v) is 2.63. The van der Waals surface area contributed by atoms with E-state index in [1.54, 1.807) is 0 Å². The molecular weight excluding hydrogens is 386 g/mol. The Hall–Kier alpha value is -0.860. The highest BCUT2D eigenvalue weighted by Crippen LogP contribution is 2.12. The zero-order valence-electron chi connectivity index (χ0n) is 19.5. The van der Waals surface area contributed by atoms with Crippen LogP contribution < -0.4 is 5.73 Å². The van der Waals surface area contributed by atoms with Crippen LogP contribution in [0.1, 0.15) is 65.7 Å². The molecule has 0 aromatic carbocycles. The molecule has 0 amide bonds. The number of Topliss-reactive ketones (excluding diaryl/α,β-unsaturated/α-hetero) is 2. The summed E-state index contributed by atoms with van der Waals surface area (Å²) in [6.07, 6.45) is 6.15. The van der Waals surface area contributed by atoms with Crippen molar-refractivity contribution in [2.24, 2.45) is 17.6 Å². The van der Waals surface area contributed by atoms with Crippen LogP contribution in [-0.4, -0.2) is 71.0 Å². The van der Waals surface area contributed by atoms with E-state index in [1.807, 2.05) is 13.8 Å². The summed E-state index contributed by atoms with van der Waals surface area (Å²) in [7, 11) is 0. The highest BCUT2D eigenvalue weighted by Gasteiger charge is 2.07. The van der Waals surface area contributed by atoms with Crippen molar-refractivity contribution in [3.8, 4) is 0 Å². The van der Waals surface area contributed by atoms with Crippen LogP contribution in [0.15, 0.2) is 0 Å². The molecule has 0 fully saturated rings. The van der Waals surface area contributed by atoms with E-state index >= 15 is 0 Å². The summed E-state index contributed by atoms with van der Waals surface area (Å²) < 4.78 is 21.7. The van der Waals surface area contributed by atoms with Gasteiger partial charge in [-0.1, -0.05) is 27.2 Å². The maximum absolute atomic E-state index is 11.8. The average Bonchev–Trinajstić information content (AvgIpc) is 2.71. The van der Waals surface area contributed by atoms with Crippen molar-refractivity contribution in [2.75, 3.05) is 59.4 Å². The van der Waals surface area contributed by atoms with E-state index in [1.165, 1.54) is 0 Å². The first kappa shape index (κ1) is 29.1. The zero-order valence-corrected chi connectivity index (χ0v) is 19.5. The quantitative estimate of drug-likeness (QED) is 0.248. The average molecular weight is 432 g/mol. The summed E-state index contributed by atoms with van der Waals surface area (Å²) >= 11 is 0. The molecule has 0 aliphatic heterocycles. The highest BCUT2D eigenvalue weighted by molar-refractivity contribution is 5.81. The van der Waals surface area contributed by atoms with E-state index in [0.717, 1.165) is 51.7 Å². The van der Waals surface area contributed by atoms with Gasteiger partial charge in [0.05, 0.1) is 6.61 Å². The van der Waals surface area contributed by atoms with Crippen LogP contribution in [0.3, 0.4) is 0 Å². The topological polar surface area (TPSA) is 97.1 Å². The lowest BCUT2D eigenvalue weighted by atomic mass is 10.00. The molecule has 1 unspecified atom stereocenters. The number of carbonyl (C=O) groups excluding carboxylic acids is 2. The van der Waals surface area contributed by atoms with Gasteiger partial charge in [-0.05, 0) is 38.0 Å². The normalized spacial score (nSPS) is 12.4. The van der Waals surface area contributed by atoms with Crippen molar-refractivity contribution in [2.45, 2.75) is 65.7 Å². The molecular formula is C23H45NO6. The number of rotatable bonds is 23. The lowest BCUT2D eigenvalue weighted by Crippen LogP contribution is -2.15. The van der Waals surface area contributed by atoms with Crippen LogP contribution in [0.4, 0.5) is 0 Å². The van der Waals surface area contributed by atoms with Gasteiger partial charge < -0.3 is 24.7 Å².